The van der Waals surface area contributed by atoms with E-state index in [4.69, 9.17) is 18.0 Å². The second kappa shape index (κ2) is 5.96. The van der Waals surface area contributed by atoms with Gasteiger partial charge in [-0.25, -0.2) is 0 Å². The van der Waals surface area contributed by atoms with Crippen LogP contribution < -0.4 is 10.6 Å². The van der Waals surface area contributed by atoms with Gasteiger partial charge in [0.15, 0.2) is 0 Å². The van der Waals surface area contributed by atoms with Crippen LogP contribution in [-0.2, 0) is 4.79 Å². The molecule has 0 fully saturated rings. The summed E-state index contributed by atoms with van der Waals surface area (Å²) in [6, 6.07) is 9.52. The molecular formula is C14H20N2OS. The van der Waals surface area contributed by atoms with Crippen LogP contribution in [0.15, 0.2) is 30.3 Å². The summed E-state index contributed by atoms with van der Waals surface area (Å²) in [6.45, 7) is 3.89. The van der Waals surface area contributed by atoms with Gasteiger partial charge in [-0.1, -0.05) is 44.3 Å². The van der Waals surface area contributed by atoms with Gasteiger partial charge in [0.25, 0.3) is 0 Å². The summed E-state index contributed by atoms with van der Waals surface area (Å²) in [4.78, 5) is 14.5. The van der Waals surface area contributed by atoms with Crippen LogP contribution in [0.3, 0.4) is 0 Å². The summed E-state index contributed by atoms with van der Waals surface area (Å²) in [5, 5.41) is 0. The largest absolute Gasteiger partial charge is 0.392 e. The molecule has 1 aromatic carbocycles. The number of anilines is 1. The van der Waals surface area contributed by atoms with E-state index in [0.717, 1.165) is 5.69 Å². The van der Waals surface area contributed by atoms with E-state index < -0.39 is 5.41 Å². The third kappa shape index (κ3) is 2.53. The molecule has 0 saturated heterocycles. The third-order valence-electron chi connectivity index (χ3n) is 3.54. The van der Waals surface area contributed by atoms with Crippen LogP contribution in [0.25, 0.3) is 0 Å². The quantitative estimate of drug-likeness (QED) is 0.832. The van der Waals surface area contributed by atoms with Crippen LogP contribution in [0, 0.1) is 5.41 Å². The lowest BCUT2D eigenvalue weighted by atomic mass is 9.80. The molecule has 0 aromatic heterocycles. The highest BCUT2D eigenvalue weighted by Crippen LogP contribution is 2.31. The fourth-order valence-corrected chi connectivity index (χ4v) is 2.47. The number of amides is 1. The van der Waals surface area contributed by atoms with E-state index >= 15 is 0 Å². The first-order chi connectivity index (χ1) is 8.49. The van der Waals surface area contributed by atoms with Crippen molar-refractivity contribution in [2.24, 2.45) is 11.1 Å². The molecule has 0 saturated carbocycles. The number of carbonyl (C=O) groups is 1. The molecule has 1 rings (SSSR count). The Labute approximate surface area is 114 Å². The standard InChI is InChI=1S/C14H20N2OS/c1-4-14(5-2,12(15)18)13(17)16(3)11-9-7-6-8-10-11/h6-10H,4-5H2,1-3H3,(H2,15,18). The minimum absolute atomic E-state index is 0.0359. The zero-order valence-corrected chi connectivity index (χ0v) is 12.0. The van der Waals surface area contributed by atoms with E-state index in [0.29, 0.717) is 12.8 Å². The molecule has 0 aliphatic heterocycles. The number of nitrogens with zero attached hydrogens (tertiary/aromatic N) is 1. The van der Waals surface area contributed by atoms with Gasteiger partial charge in [-0.15, -0.1) is 0 Å². The first-order valence-corrected chi connectivity index (χ1v) is 6.53. The number of para-hydroxylation sites is 1. The predicted octanol–water partition coefficient (Wildman–Crippen LogP) is 2.74. The van der Waals surface area contributed by atoms with Crippen molar-refractivity contribution in [3.05, 3.63) is 30.3 Å². The first-order valence-electron chi connectivity index (χ1n) is 6.12. The Bertz CT molecular complexity index is 427. The van der Waals surface area contributed by atoms with E-state index in [9.17, 15) is 4.79 Å². The van der Waals surface area contributed by atoms with Crippen LogP contribution in [-0.4, -0.2) is 17.9 Å². The SMILES string of the molecule is CCC(CC)(C(=O)N(C)c1ccccc1)C(N)=S. The summed E-state index contributed by atoms with van der Waals surface area (Å²) in [6.07, 6.45) is 1.24. The summed E-state index contributed by atoms with van der Waals surface area (Å²) >= 11 is 5.10. The van der Waals surface area contributed by atoms with Gasteiger partial charge in [0, 0.05) is 12.7 Å². The van der Waals surface area contributed by atoms with Gasteiger partial charge in [-0.2, -0.15) is 0 Å². The van der Waals surface area contributed by atoms with E-state index in [-0.39, 0.29) is 10.9 Å². The van der Waals surface area contributed by atoms with Crippen LogP contribution in [0.2, 0.25) is 0 Å². The number of benzene rings is 1. The highest BCUT2D eigenvalue weighted by molar-refractivity contribution is 7.80. The van der Waals surface area contributed by atoms with Crippen molar-refractivity contribution in [2.45, 2.75) is 26.7 Å². The van der Waals surface area contributed by atoms with E-state index in [1.165, 1.54) is 0 Å². The summed E-state index contributed by atoms with van der Waals surface area (Å²) in [5.74, 6) is -0.0359. The van der Waals surface area contributed by atoms with Crippen molar-refractivity contribution in [2.75, 3.05) is 11.9 Å². The number of thiocarbonyl (C=S) groups is 1. The molecule has 1 aromatic rings. The number of rotatable bonds is 5. The second-order valence-corrected chi connectivity index (χ2v) is 4.79. The maximum atomic E-state index is 12.6. The van der Waals surface area contributed by atoms with Gasteiger partial charge in [0.1, 0.15) is 0 Å². The number of hydrogen-bond acceptors (Lipinski definition) is 2. The van der Waals surface area contributed by atoms with Crippen LogP contribution in [0.4, 0.5) is 5.69 Å². The second-order valence-electron chi connectivity index (χ2n) is 4.35. The molecule has 0 radical (unpaired) electrons. The molecule has 0 unspecified atom stereocenters. The molecule has 18 heavy (non-hydrogen) atoms. The molecule has 0 aliphatic carbocycles. The number of nitrogens with two attached hydrogens (primary N) is 1. The average molecular weight is 264 g/mol. The van der Waals surface area contributed by atoms with Gasteiger partial charge in [-0.05, 0) is 25.0 Å². The van der Waals surface area contributed by atoms with Crippen molar-refractivity contribution in [1.82, 2.24) is 0 Å². The van der Waals surface area contributed by atoms with E-state index in [1.54, 1.807) is 11.9 Å². The minimum Gasteiger partial charge on any atom is -0.392 e. The summed E-state index contributed by atoms with van der Waals surface area (Å²) < 4.78 is 0. The fourth-order valence-electron chi connectivity index (χ4n) is 2.10. The molecule has 0 spiro atoms. The Hall–Kier alpha value is -1.42. The first kappa shape index (κ1) is 14.6. The zero-order chi connectivity index (χ0) is 13.8. The zero-order valence-electron chi connectivity index (χ0n) is 11.1. The Balaban J connectivity index is 3.09. The van der Waals surface area contributed by atoms with E-state index in [1.807, 2.05) is 44.2 Å². The van der Waals surface area contributed by atoms with Crippen molar-refractivity contribution in [3.8, 4) is 0 Å². The van der Waals surface area contributed by atoms with Crippen LogP contribution in [0.1, 0.15) is 26.7 Å². The molecular weight excluding hydrogens is 244 g/mol. The highest BCUT2D eigenvalue weighted by atomic mass is 32.1. The van der Waals surface area contributed by atoms with Crippen molar-refractivity contribution < 1.29 is 4.79 Å². The van der Waals surface area contributed by atoms with Gasteiger partial charge in [0.2, 0.25) is 5.91 Å². The number of hydrogen-bond donors (Lipinski definition) is 1. The van der Waals surface area contributed by atoms with Gasteiger partial charge >= 0.3 is 0 Å². The van der Waals surface area contributed by atoms with Crippen molar-refractivity contribution in [3.63, 3.8) is 0 Å². The molecule has 2 N–H and O–H groups in total. The maximum Gasteiger partial charge on any atom is 0.239 e. The molecule has 0 aliphatic rings. The molecule has 0 bridgehead atoms. The molecule has 1 amide bonds. The smallest absolute Gasteiger partial charge is 0.239 e. The third-order valence-corrected chi connectivity index (χ3v) is 3.93. The lowest BCUT2D eigenvalue weighted by Crippen LogP contribution is -2.49. The highest BCUT2D eigenvalue weighted by Gasteiger charge is 2.40. The Morgan fingerprint density at radius 3 is 2.17 bits per heavy atom. The van der Waals surface area contributed by atoms with Crippen LogP contribution in [0.5, 0.6) is 0 Å². The Morgan fingerprint density at radius 2 is 1.78 bits per heavy atom. The molecule has 0 atom stereocenters. The van der Waals surface area contributed by atoms with Gasteiger partial charge in [0.05, 0.1) is 10.4 Å². The normalized spacial score (nSPS) is 11.1. The molecule has 0 heterocycles. The molecule has 3 nitrogen and oxygen atoms in total. The fraction of sp³-hybridized carbons (Fsp3) is 0.429. The van der Waals surface area contributed by atoms with Gasteiger partial charge in [-0.3, -0.25) is 4.79 Å². The van der Waals surface area contributed by atoms with Crippen molar-refractivity contribution in [1.29, 1.82) is 0 Å². The van der Waals surface area contributed by atoms with E-state index in [2.05, 4.69) is 0 Å². The minimum atomic E-state index is -0.736. The number of carbonyl (C=O) groups excluding carboxylic acids is 1. The Morgan fingerprint density at radius 1 is 1.28 bits per heavy atom. The van der Waals surface area contributed by atoms with Crippen molar-refractivity contribution >= 4 is 28.8 Å². The summed E-state index contributed by atoms with van der Waals surface area (Å²) in [5.41, 5.74) is 5.91. The van der Waals surface area contributed by atoms with Gasteiger partial charge < -0.3 is 10.6 Å². The lowest BCUT2D eigenvalue weighted by Gasteiger charge is -2.33. The maximum absolute atomic E-state index is 12.6. The monoisotopic (exact) mass is 264 g/mol. The average Bonchev–Trinajstić information content (AvgIpc) is 2.40. The summed E-state index contributed by atoms with van der Waals surface area (Å²) in [7, 11) is 1.76. The molecule has 98 valence electrons. The predicted molar refractivity (Wildman–Crippen MR) is 79.7 cm³/mol. The topological polar surface area (TPSA) is 46.3 Å². The molecule has 4 heteroatoms. The lowest BCUT2D eigenvalue weighted by molar-refractivity contribution is -0.124. The van der Waals surface area contributed by atoms with Crippen LogP contribution >= 0.6 is 12.2 Å². The Kier molecular flexibility index (Phi) is 4.84.